The van der Waals surface area contributed by atoms with E-state index in [9.17, 15) is 30.6 Å². The number of hydroxylamine groups is 4. The highest BCUT2D eigenvalue weighted by Crippen LogP contribution is 2.17. The van der Waals surface area contributed by atoms with Crippen LogP contribution in [0.25, 0.3) is 0 Å². The highest BCUT2D eigenvalue weighted by atomic mass is 17.0. The minimum atomic E-state index is -1.36. The highest BCUT2D eigenvalue weighted by Gasteiger charge is 2.32. The van der Waals surface area contributed by atoms with Gasteiger partial charge in [-0.1, -0.05) is 0 Å². The summed E-state index contributed by atoms with van der Waals surface area (Å²) in [4.78, 5) is 30.8. The van der Waals surface area contributed by atoms with Crippen LogP contribution in [-0.4, -0.2) is 94.5 Å². The third-order valence-corrected chi connectivity index (χ3v) is 4.69. The van der Waals surface area contributed by atoms with E-state index in [0.717, 1.165) is 10.1 Å². The number of hydrogen-bond acceptors (Lipinski definition) is 12. The van der Waals surface area contributed by atoms with Crippen molar-refractivity contribution >= 4 is 0 Å². The third kappa shape index (κ3) is 8.04. The molecule has 2 unspecified atom stereocenters. The quantitative estimate of drug-likeness (QED) is 0.342. The molecule has 0 aliphatic carbocycles. The number of piperidine rings is 2. The van der Waals surface area contributed by atoms with Crippen molar-refractivity contribution in [3.8, 4) is 0 Å². The molecular formula is C14H26N4O10. The van der Waals surface area contributed by atoms with Crippen molar-refractivity contribution in [1.29, 1.82) is 0 Å². The second kappa shape index (κ2) is 11.2. The van der Waals surface area contributed by atoms with E-state index in [2.05, 4.69) is 9.68 Å². The Morgan fingerprint density at radius 3 is 1.39 bits per heavy atom. The maximum absolute atomic E-state index is 10.8. The van der Waals surface area contributed by atoms with Gasteiger partial charge in [0.25, 0.3) is 10.2 Å². The third-order valence-electron chi connectivity index (χ3n) is 4.69. The molecule has 2 atom stereocenters. The zero-order chi connectivity index (χ0) is 20.5. The summed E-state index contributed by atoms with van der Waals surface area (Å²) in [6, 6.07) is 0. The maximum Gasteiger partial charge on any atom is 0.294 e. The Morgan fingerprint density at radius 1 is 0.786 bits per heavy atom. The first kappa shape index (κ1) is 22.4. The van der Waals surface area contributed by atoms with E-state index >= 15 is 0 Å². The Balaban J connectivity index is 1.91. The molecule has 2 rings (SSSR count). The second-order valence-electron chi connectivity index (χ2n) is 6.71. The van der Waals surface area contributed by atoms with E-state index in [4.69, 9.17) is 9.47 Å². The molecule has 2 fully saturated rings. The van der Waals surface area contributed by atoms with Crippen LogP contribution in [0.1, 0.15) is 25.7 Å². The Hall–Kier alpha value is -1.84. The molecule has 0 aromatic heterocycles. The van der Waals surface area contributed by atoms with E-state index in [1.165, 1.54) is 0 Å². The molecule has 0 aromatic rings. The average molecular weight is 410 g/mol. The molecule has 0 amide bonds. The summed E-state index contributed by atoms with van der Waals surface area (Å²) < 4.78 is 11.2. The lowest BCUT2D eigenvalue weighted by Gasteiger charge is -2.31. The molecule has 2 N–H and O–H groups in total. The van der Waals surface area contributed by atoms with Gasteiger partial charge < -0.3 is 29.6 Å². The van der Waals surface area contributed by atoms with E-state index in [-0.39, 0.29) is 25.4 Å². The molecule has 2 heterocycles. The fourth-order valence-corrected chi connectivity index (χ4v) is 3.11. The molecule has 28 heavy (non-hydrogen) atoms. The van der Waals surface area contributed by atoms with Crippen LogP contribution in [0.4, 0.5) is 0 Å². The van der Waals surface area contributed by atoms with Gasteiger partial charge in [0, 0.05) is 26.2 Å². The van der Waals surface area contributed by atoms with Crippen LogP contribution in [0.2, 0.25) is 0 Å². The van der Waals surface area contributed by atoms with Gasteiger partial charge in [-0.05, 0) is 25.7 Å². The first-order chi connectivity index (χ1) is 13.3. The molecule has 14 heteroatoms. The van der Waals surface area contributed by atoms with Crippen molar-refractivity contribution in [1.82, 2.24) is 10.1 Å². The Kier molecular flexibility index (Phi) is 9.01. The largest absolute Gasteiger partial charge is 0.376 e. The zero-order valence-electron chi connectivity index (χ0n) is 15.3. The number of ether oxygens (including phenoxy) is 2. The van der Waals surface area contributed by atoms with E-state index in [1.54, 1.807) is 0 Å². The van der Waals surface area contributed by atoms with Gasteiger partial charge in [-0.2, -0.15) is 10.1 Å². The van der Waals surface area contributed by atoms with Crippen molar-refractivity contribution < 1.29 is 39.7 Å². The predicted molar refractivity (Wildman–Crippen MR) is 88.4 cm³/mol. The van der Waals surface area contributed by atoms with Gasteiger partial charge in [-0.3, -0.25) is 0 Å². The fraction of sp³-hybridized carbons (Fsp3) is 1.00. The molecule has 0 bridgehead atoms. The van der Waals surface area contributed by atoms with Crippen LogP contribution >= 0.6 is 0 Å². The molecule has 14 nitrogen and oxygen atoms in total. The van der Waals surface area contributed by atoms with Gasteiger partial charge in [0.2, 0.25) is 0 Å². The SMILES string of the molecule is O=[N+]([O-])OC(COC1CCN(O)CC1)C(COC1CCN(O)CC1)O[N+](=O)[O-]. The van der Waals surface area contributed by atoms with Crippen LogP contribution in [0, 0.1) is 20.2 Å². The fourth-order valence-electron chi connectivity index (χ4n) is 3.11. The lowest BCUT2D eigenvalue weighted by Crippen LogP contribution is -2.44. The van der Waals surface area contributed by atoms with Crippen molar-refractivity contribution in [2.75, 3.05) is 39.4 Å². The van der Waals surface area contributed by atoms with Gasteiger partial charge in [0.15, 0.2) is 12.2 Å². The van der Waals surface area contributed by atoms with Crippen LogP contribution in [0.5, 0.6) is 0 Å². The predicted octanol–water partition coefficient (Wildman–Crippen LogP) is -0.119. The molecule has 0 aromatic carbocycles. The van der Waals surface area contributed by atoms with Crippen LogP contribution in [0.3, 0.4) is 0 Å². The summed E-state index contributed by atoms with van der Waals surface area (Å²) in [7, 11) is 0. The molecule has 0 spiro atoms. The Morgan fingerprint density at radius 2 is 1.11 bits per heavy atom. The lowest BCUT2D eigenvalue weighted by atomic mass is 10.1. The average Bonchev–Trinajstić information content (AvgIpc) is 2.64. The van der Waals surface area contributed by atoms with E-state index in [1.807, 2.05) is 0 Å². The molecule has 2 saturated heterocycles. The maximum atomic E-state index is 10.8. The van der Waals surface area contributed by atoms with Crippen LogP contribution < -0.4 is 0 Å². The summed E-state index contributed by atoms with van der Waals surface area (Å²) in [6.45, 7) is 0.988. The number of nitrogens with zero attached hydrogens (tertiary/aromatic N) is 4. The molecule has 2 aliphatic rings. The topological polar surface area (TPSA) is 170 Å². The summed E-state index contributed by atoms with van der Waals surface area (Å²) in [6.07, 6.45) is -1.18. The molecule has 2 aliphatic heterocycles. The van der Waals surface area contributed by atoms with Crippen molar-refractivity contribution in [3.05, 3.63) is 20.2 Å². The second-order valence-corrected chi connectivity index (χ2v) is 6.71. The molecule has 162 valence electrons. The van der Waals surface area contributed by atoms with E-state index < -0.39 is 22.4 Å². The van der Waals surface area contributed by atoms with Crippen molar-refractivity contribution in [3.63, 3.8) is 0 Å². The number of hydrogen-bond donors (Lipinski definition) is 2. The van der Waals surface area contributed by atoms with Crippen LogP contribution in [-0.2, 0) is 19.1 Å². The minimum Gasteiger partial charge on any atom is -0.376 e. The lowest BCUT2D eigenvalue weighted by molar-refractivity contribution is -0.799. The minimum absolute atomic E-state index is 0.257. The smallest absolute Gasteiger partial charge is 0.294 e. The Bertz CT molecular complexity index is 453. The molecule has 0 radical (unpaired) electrons. The van der Waals surface area contributed by atoms with Gasteiger partial charge in [-0.25, -0.2) is 0 Å². The normalized spacial score (nSPS) is 22.5. The van der Waals surface area contributed by atoms with Gasteiger partial charge >= 0.3 is 0 Å². The van der Waals surface area contributed by atoms with Gasteiger partial charge in [0.05, 0.1) is 25.4 Å². The molecule has 0 saturated carbocycles. The first-order valence-electron chi connectivity index (χ1n) is 9.06. The van der Waals surface area contributed by atoms with E-state index in [0.29, 0.717) is 51.9 Å². The summed E-state index contributed by atoms with van der Waals surface area (Å²) in [5, 5.41) is 40.6. The molecular weight excluding hydrogens is 384 g/mol. The standard InChI is InChI=1S/C14H26N4O10/c19-15-5-1-11(2-6-15)25-9-13(27-17(21)22)14(28-18(23)24)10-26-12-3-7-16(20)8-4-12/h11-14,19-20H,1-10H2. The number of rotatable bonds is 11. The summed E-state index contributed by atoms with van der Waals surface area (Å²) in [5.74, 6) is 0. The monoisotopic (exact) mass is 410 g/mol. The summed E-state index contributed by atoms with van der Waals surface area (Å²) >= 11 is 0. The highest BCUT2D eigenvalue weighted by molar-refractivity contribution is 4.74. The van der Waals surface area contributed by atoms with Crippen molar-refractivity contribution in [2.45, 2.75) is 50.1 Å². The van der Waals surface area contributed by atoms with Crippen LogP contribution in [0.15, 0.2) is 0 Å². The van der Waals surface area contributed by atoms with Crippen molar-refractivity contribution in [2.24, 2.45) is 0 Å². The van der Waals surface area contributed by atoms with Gasteiger partial charge in [-0.15, -0.1) is 20.2 Å². The summed E-state index contributed by atoms with van der Waals surface area (Å²) in [5.41, 5.74) is 0. The Labute approximate surface area is 160 Å². The first-order valence-corrected chi connectivity index (χ1v) is 9.06. The zero-order valence-corrected chi connectivity index (χ0v) is 15.3. The van der Waals surface area contributed by atoms with Gasteiger partial charge in [0.1, 0.15) is 0 Å².